The van der Waals surface area contributed by atoms with E-state index in [-0.39, 0.29) is 33.6 Å². The molecule has 0 nitrogen and oxygen atoms in total. The fraction of sp³-hybridized carbons (Fsp3) is 0.143. The highest BCUT2D eigenvalue weighted by Gasteiger charge is 2.18. The average Bonchev–Trinajstić information content (AvgIpc) is 2.24. The Kier molecular flexibility index (Phi) is 5.29. The van der Waals surface area contributed by atoms with Crippen molar-refractivity contribution in [3.63, 3.8) is 0 Å². The fourth-order valence-corrected chi connectivity index (χ4v) is 4.03. The van der Waals surface area contributed by atoms with Crippen molar-refractivity contribution in [2.24, 2.45) is 0 Å². The Hall–Kier alpha value is -0.540. The van der Waals surface area contributed by atoms with Gasteiger partial charge < -0.3 is 12.4 Å². The molecular formula is C14H14ClI. The molecule has 0 aromatic heterocycles. The summed E-state index contributed by atoms with van der Waals surface area (Å²) < 4.78 is 3.07. The molecule has 2 aromatic rings. The topological polar surface area (TPSA) is 0 Å². The summed E-state index contributed by atoms with van der Waals surface area (Å²) in [6.07, 6.45) is 0. The van der Waals surface area contributed by atoms with Gasteiger partial charge in [0.1, 0.15) is 0 Å². The first-order chi connectivity index (χ1) is 7.27. The van der Waals surface area contributed by atoms with Gasteiger partial charge in [0, 0.05) is 11.1 Å². The van der Waals surface area contributed by atoms with Crippen LogP contribution in [0.4, 0.5) is 0 Å². The van der Waals surface area contributed by atoms with Gasteiger partial charge in [0.15, 0.2) is 7.14 Å². The lowest BCUT2D eigenvalue weighted by atomic mass is 10.2. The van der Waals surface area contributed by atoms with Crippen molar-refractivity contribution >= 4 is 0 Å². The first-order valence-electron chi connectivity index (χ1n) is 5.03. The van der Waals surface area contributed by atoms with Crippen LogP contribution in [0.3, 0.4) is 0 Å². The van der Waals surface area contributed by atoms with Crippen LogP contribution in [0.1, 0.15) is 11.1 Å². The zero-order valence-corrected chi connectivity index (χ0v) is 12.3. The highest BCUT2D eigenvalue weighted by Crippen LogP contribution is 1.97. The average molecular weight is 345 g/mol. The van der Waals surface area contributed by atoms with Crippen LogP contribution in [0.15, 0.2) is 48.5 Å². The summed E-state index contributed by atoms with van der Waals surface area (Å²) in [5.74, 6) is 0. The van der Waals surface area contributed by atoms with Crippen molar-refractivity contribution in [2.75, 3.05) is 0 Å². The zero-order chi connectivity index (χ0) is 10.7. The predicted molar refractivity (Wildman–Crippen MR) is 59.8 cm³/mol. The molecule has 0 saturated carbocycles. The molecule has 0 aliphatic rings. The normalized spacial score (nSPS) is 9.62. The fourth-order valence-electron chi connectivity index (χ4n) is 1.42. The van der Waals surface area contributed by atoms with Gasteiger partial charge in [0.2, 0.25) is 0 Å². The highest BCUT2D eigenvalue weighted by molar-refractivity contribution is 5.14. The van der Waals surface area contributed by atoms with Gasteiger partial charge in [-0.3, -0.25) is 0 Å². The van der Waals surface area contributed by atoms with E-state index in [0.29, 0.717) is 0 Å². The smallest absolute Gasteiger partial charge is 0.358 e. The number of halogens is 2. The van der Waals surface area contributed by atoms with Gasteiger partial charge in [-0.05, 0) is 26.0 Å². The van der Waals surface area contributed by atoms with E-state index in [1.54, 1.807) is 0 Å². The third-order valence-corrected chi connectivity index (χ3v) is 5.94. The lowest BCUT2D eigenvalue weighted by molar-refractivity contribution is -0.598. The number of aryl methyl sites for hydroxylation is 2. The van der Waals surface area contributed by atoms with E-state index in [1.165, 1.54) is 18.3 Å². The van der Waals surface area contributed by atoms with Gasteiger partial charge in [-0.15, -0.1) is 0 Å². The second kappa shape index (κ2) is 6.26. The van der Waals surface area contributed by atoms with Crippen LogP contribution in [0.2, 0.25) is 0 Å². The molecule has 2 rings (SSSR count). The van der Waals surface area contributed by atoms with E-state index >= 15 is 0 Å². The van der Waals surface area contributed by atoms with Crippen molar-refractivity contribution in [3.05, 3.63) is 66.8 Å². The van der Waals surface area contributed by atoms with Crippen LogP contribution < -0.4 is 33.6 Å². The third-order valence-electron chi connectivity index (χ3n) is 2.36. The molecule has 0 bridgehead atoms. The molecule has 0 radical (unpaired) electrons. The van der Waals surface area contributed by atoms with Gasteiger partial charge in [0.25, 0.3) is 0 Å². The van der Waals surface area contributed by atoms with Crippen molar-refractivity contribution in [1.29, 1.82) is 0 Å². The molecule has 0 unspecified atom stereocenters. The summed E-state index contributed by atoms with van der Waals surface area (Å²) in [7, 11) is 0. The lowest BCUT2D eigenvalue weighted by Gasteiger charge is -1.94. The molecule has 0 N–H and O–H groups in total. The maximum atomic E-state index is 2.26. The molecule has 16 heavy (non-hydrogen) atoms. The van der Waals surface area contributed by atoms with Gasteiger partial charge in [-0.25, -0.2) is 0 Å². The Morgan fingerprint density at radius 2 is 1.06 bits per heavy atom. The van der Waals surface area contributed by atoms with Gasteiger partial charge in [0.05, 0.1) is 0 Å². The van der Waals surface area contributed by atoms with Crippen LogP contribution >= 0.6 is 0 Å². The summed E-state index contributed by atoms with van der Waals surface area (Å²) in [6, 6.07) is 17.4. The Morgan fingerprint density at radius 3 is 1.44 bits per heavy atom. The molecule has 0 saturated heterocycles. The molecule has 0 spiro atoms. The largest absolute Gasteiger partial charge is 1.00 e. The van der Waals surface area contributed by atoms with Crippen LogP contribution in [-0.2, 0) is 0 Å². The molecular weight excluding hydrogens is 331 g/mol. The van der Waals surface area contributed by atoms with Crippen LogP contribution in [0.5, 0.6) is 0 Å². The standard InChI is InChI=1S/C14H14I.ClH/c1-11-7-3-5-9-13(11)15-14-10-6-4-8-12(14)2;/h3-10H,1-2H3;1H/q+1;/p-1. The van der Waals surface area contributed by atoms with E-state index in [1.807, 2.05) is 0 Å². The SMILES string of the molecule is Cc1ccccc1[I+]c1ccccc1C.[Cl-]. The van der Waals surface area contributed by atoms with E-state index in [9.17, 15) is 0 Å². The Balaban J connectivity index is 0.00000128. The molecule has 0 aliphatic heterocycles. The molecule has 2 heteroatoms. The van der Waals surface area contributed by atoms with Gasteiger partial charge in [-0.2, -0.15) is 0 Å². The van der Waals surface area contributed by atoms with Crippen LogP contribution in [-0.4, -0.2) is 0 Å². The van der Waals surface area contributed by atoms with Gasteiger partial charge in [-0.1, -0.05) is 36.4 Å². The Labute approximate surface area is 114 Å². The summed E-state index contributed by atoms with van der Waals surface area (Å²) in [4.78, 5) is 0. The number of hydrogen-bond acceptors (Lipinski definition) is 0. The molecule has 0 aliphatic carbocycles. The predicted octanol–water partition coefficient (Wildman–Crippen LogP) is -2.56. The van der Waals surface area contributed by atoms with E-state index in [4.69, 9.17) is 0 Å². The minimum Gasteiger partial charge on any atom is -1.00 e. The van der Waals surface area contributed by atoms with Crippen molar-refractivity contribution in [2.45, 2.75) is 13.8 Å². The number of benzene rings is 2. The van der Waals surface area contributed by atoms with E-state index in [2.05, 4.69) is 62.4 Å². The molecule has 0 atom stereocenters. The Morgan fingerprint density at radius 1 is 0.688 bits per heavy atom. The Bertz CT molecular complexity index is 422. The molecule has 84 valence electrons. The first-order valence-corrected chi connectivity index (χ1v) is 7.19. The zero-order valence-electron chi connectivity index (χ0n) is 9.37. The quantitative estimate of drug-likeness (QED) is 0.526. The van der Waals surface area contributed by atoms with Crippen molar-refractivity contribution < 1.29 is 33.6 Å². The monoisotopic (exact) mass is 344 g/mol. The van der Waals surface area contributed by atoms with E-state index < -0.39 is 0 Å². The third kappa shape index (κ3) is 3.22. The van der Waals surface area contributed by atoms with Crippen LogP contribution in [0, 0.1) is 21.0 Å². The van der Waals surface area contributed by atoms with E-state index in [0.717, 1.165) is 0 Å². The second-order valence-electron chi connectivity index (χ2n) is 3.59. The van der Waals surface area contributed by atoms with Gasteiger partial charge >= 0.3 is 21.2 Å². The molecule has 2 aromatic carbocycles. The summed E-state index contributed by atoms with van der Waals surface area (Å²) in [5, 5.41) is 0. The molecule has 0 fully saturated rings. The van der Waals surface area contributed by atoms with Crippen molar-refractivity contribution in [1.82, 2.24) is 0 Å². The summed E-state index contributed by atoms with van der Waals surface area (Å²) in [6.45, 7) is 4.40. The second-order valence-corrected chi connectivity index (χ2v) is 6.46. The van der Waals surface area contributed by atoms with Crippen LogP contribution in [0.25, 0.3) is 0 Å². The van der Waals surface area contributed by atoms with Crippen molar-refractivity contribution in [3.8, 4) is 0 Å². The highest BCUT2D eigenvalue weighted by atomic mass is 127. The number of hydrogen-bond donors (Lipinski definition) is 0. The lowest BCUT2D eigenvalue weighted by Crippen LogP contribution is -3.62. The maximum absolute atomic E-state index is 2.26. The first kappa shape index (κ1) is 13.5. The number of rotatable bonds is 2. The summed E-state index contributed by atoms with van der Waals surface area (Å²) >= 11 is -0.0147. The summed E-state index contributed by atoms with van der Waals surface area (Å²) in [5.41, 5.74) is 2.85. The minimum absolute atomic E-state index is 0. The maximum Gasteiger partial charge on any atom is 0.358 e. The molecule has 0 amide bonds. The minimum atomic E-state index is -0.0147. The molecule has 0 heterocycles.